The minimum absolute atomic E-state index is 0.246. The summed E-state index contributed by atoms with van der Waals surface area (Å²) in [6.45, 7) is 4.86. The second kappa shape index (κ2) is 8.00. The molecule has 7 heteroatoms. The molecule has 1 aliphatic rings. The summed E-state index contributed by atoms with van der Waals surface area (Å²) in [5.41, 5.74) is 2.44. The lowest BCUT2D eigenvalue weighted by molar-refractivity contribution is -0.152. The molecule has 0 unspecified atom stereocenters. The molecule has 2 heterocycles. The van der Waals surface area contributed by atoms with E-state index in [1.165, 1.54) is 29.8 Å². The van der Waals surface area contributed by atoms with Crippen molar-refractivity contribution < 1.29 is 23.5 Å². The van der Waals surface area contributed by atoms with Gasteiger partial charge < -0.3 is 14.1 Å². The first kappa shape index (κ1) is 19.2. The van der Waals surface area contributed by atoms with Crippen LogP contribution >= 0.6 is 11.8 Å². The zero-order chi connectivity index (χ0) is 19.6. The van der Waals surface area contributed by atoms with Crippen LogP contribution in [0.3, 0.4) is 0 Å². The van der Waals surface area contributed by atoms with Gasteiger partial charge in [0.05, 0.1) is 6.26 Å². The molecular weight excluding hydrogens is 366 g/mol. The molecule has 27 heavy (non-hydrogen) atoms. The van der Waals surface area contributed by atoms with Crippen LogP contribution < -0.4 is 0 Å². The fourth-order valence-corrected chi connectivity index (χ4v) is 4.58. The number of Topliss-reactive ketones (excluding diaryl/α,β-unsaturated/α-hetero) is 1. The highest BCUT2D eigenvalue weighted by atomic mass is 32.2. The van der Waals surface area contributed by atoms with Crippen LogP contribution in [-0.4, -0.2) is 41.0 Å². The number of ether oxygens (including phenoxy) is 1. The molecule has 3 rings (SSSR count). The van der Waals surface area contributed by atoms with Crippen molar-refractivity contribution >= 4 is 29.4 Å². The monoisotopic (exact) mass is 387 g/mol. The van der Waals surface area contributed by atoms with E-state index in [0.29, 0.717) is 17.1 Å². The molecule has 1 aromatic heterocycles. The molecular formula is C20H21NO5S. The summed E-state index contributed by atoms with van der Waals surface area (Å²) < 4.78 is 10.6. The van der Waals surface area contributed by atoms with E-state index in [9.17, 15) is 14.4 Å². The van der Waals surface area contributed by atoms with E-state index in [-0.39, 0.29) is 23.7 Å². The van der Waals surface area contributed by atoms with Crippen LogP contribution in [0.15, 0.2) is 41.0 Å². The van der Waals surface area contributed by atoms with E-state index in [4.69, 9.17) is 9.15 Å². The van der Waals surface area contributed by atoms with Crippen LogP contribution in [0.4, 0.5) is 0 Å². The van der Waals surface area contributed by atoms with Crippen LogP contribution in [0.25, 0.3) is 0 Å². The zero-order valence-corrected chi connectivity index (χ0v) is 16.2. The van der Waals surface area contributed by atoms with Gasteiger partial charge >= 0.3 is 5.97 Å². The molecule has 6 nitrogen and oxygen atoms in total. The minimum atomic E-state index is -0.741. The van der Waals surface area contributed by atoms with Crippen LogP contribution in [-0.2, 0) is 14.3 Å². The molecule has 0 bridgehead atoms. The number of carbonyl (C=O) groups excluding carboxylic acids is 3. The average molecular weight is 387 g/mol. The van der Waals surface area contributed by atoms with Crippen molar-refractivity contribution in [1.82, 2.24) is 4.90 Å². The average Bonchev–Trinajstić information content (AvgIpc) is 3.28. The second-order valence-electron chi connectivity index (χ2n) is 6.49. The lowest BCUT2D eigenvalue weighted by Gasteiger charge is -2.25. The van der Waals surface area contributed by atoms with E-state index < -0.39 is 12.0 Å². The number of carbonyl (C=O) groups is 3. The van der Waals surface area contributed by atoms with E-state index in [2.05, 4.69) is 0 Å². The molecule has 0 saturated carbocycles. The first-order valence-electron chi connectivity index (χ1n) is 8.59. The molecule has 1 amide bonds. The Hall–Kier alpha value is -2.54. The lowest BCUT2D eigenvalue weighted by atomic mass is 10.0. The number of benzene rings is 1. The topological polar surface area (TPSA) is 76.8 Å². The maximum Gasteiger partial charge on any atom is 0.330 e. The van der Waals surface area contributed by atoms with Crippen molar-refractivity contribution in [2.75, 3.05) is 12.4 Å². The SMILES string of the molecule is CC(=O)N1[C@@H](C(=O)OCC(=O)c2ccc(C)cc2C)CS[C@H]1c1ccco1. The van der Waals surface area contributed by atoms with Crippen LogP contribution in [0.2, 0.25) is 0 Å². The third kappa shape index (κ3) is 4.08. The molecule has 0 radical (unpaired) electrons. The van der Waals surface area contributed by atoms with Gasteiger partial charge in [0.2, 0.25) is 11.7 Å². The van der Waals surface area contributed by atoms with E-state index >= 15 is 0 Å². The van der Waals surface area contributed by atoms with Crippen LogP contribution in [0.1, 0.15) is 39.5 Å². The highest BCUT2D eigenvalue weighted by molar-refractivity contribution is 7.99. The third-order valence-electron chi connectivity index (χ3n) is 4.45. The molecule has 2 aromatic rings. The standard InChI is InChI=1S/C20H21NO5S/c1-12-6-7-15(13(2)9-12)17(23)10-26-20(24)16-11-27-19(21(16)14(3)22)18-5-4-8-25-18/h4-9,16,19H,10-11H2,1-3H3/t16-,19+/m1/s1. The van der Waals surface area contributed by atoms with Gasteiger partial charge in [0.15, 0.2) is 6.61 Å². The summed E-state index contributed by atoms with van der Waals surface area (Å²) in [6.07, 6.45) is 1.53. The molecule has 1 aromatic carbocycles. The fourth-order valence-electron chi connectivity index (χ4n) is 3.16. The fraction of sp³-hybridized carbons (Fsp3) is 0.350. The number of amides is 1. The number of esters is 1. The predicted molar refractivity (Wildman–Crippen MR) is 101 cm³/mol. The van der Waals surface area contributed by atoms with Gasteiger partial charge in [-0.25, -0.2) is 4.79 Å². The Morgan fingerprint density at radius 2 is 2.04 bits per heavy atom. The van der Waals surface area contributed by atoms with Gasteiger partial charge in [0, 0.05) is 18.2 Å². The van der Waals surface area contributed by atoms with Gasteiger partial charge in [-0.3, -0.25) is 9.59 Å². The van der Waals surface area contributed by atoms with Gasteiger partial charge in [-0.05, 0) is 31.5 Å². The van der Waals surface area contributed by atoms with Crippen molar-refractivity contribution in [3.8, 4) is 0 Å². The van der Waals surface area contributed by atoms with Crippen molar-refractivity contribution in [2.24, 2.45) is 0 Å². The predicted octanol–water partition coefficient (Wildman–Crippen LogP) is 3.29. The van der Waals surface area contributed by atoms with Gasteiger partial charge in [-0.15, -0.1) is 11.8 Å². The Kier molecular flexibility index (Phi) is 5.70. The van der Waals surface area contributed by atoms with Crippen LogP contribution in [0.5, 0.6) is 0 Å². The summed E-state index contributed by atoms with van der Waals surface area (Å²) in [5, 5.41) is -0.370. The first-order chi connectivity index (χ1) is 12.9. The number of aryl methyl sites for hydroxylation is 2. The van der Waals surface area contributed by atoms with Gasteiger partial charge in [-0.2, -0.15) is 0 Å². The third-order valence-corrected chi connectivity index (χ3v) is 5.73. The normalized spacial score (nSPS) is 19.1. The van der Waals surface area contributed by atoms with Gasteiger partial charge in [0.1, 0.15) is 17.2 Å². The Morgan fingerprint density at radius 1 is 1.26 bits per heavy atom. The Morgan fingerprint density at radius 3 is 2.67 bits per heavy atom. The summed E-state index contributed by atoms with van der Waals surface area (Å²) in [6, 6.07) is 8.26. The Bertz CT molecular complexity index is 861. The van der Waals surface area contributed by atoms with Crippen molar-refractivity contribution in [3.63, 3.8) is 0 Å². The summed E-state index contributed by atoms with van der Waals surface area (Å²) >= 11 is 1.43. The molecule has 0 N–H and O–H groups in total. The minimum Gasteiger partial charge on any atom is -0.466 e. The molecule has 1 fully saturated rings. The summed E-state index contributed by atoms with van der Waals surface area (Å²) in [5.74, 6) is -0.0871. The molecule has 142 valence electrons. The zero-order valence-electron chi connectivity index (χ0n) is 15.4. The van der Waals surface area contributed by atoms with E-state index in [1.807, 2.05) is 26.0 Å². The molecule has 2 atom stereocenters. The Labute approximate surface area is 161 Å². The number of nitrogens with zero attached hydrogens (tertiary/aromatic N) is 1. The molecule has 0 aliphatic carbocycles. The van der Waals surface area contributed by atoms with Crippen molar-refractivity contribution in [3.05, 3.63) is 59.0 Å². The number of ketones is 1. The van der Waals surface area contributed by atoms with Gasteiger partial charge in [-0.1, -0.05) is 23.8 Å². The number of hydrogen-bond acceptors (Lipinski definition) is 6. The van der Waals surface area contributed by atoms with E-state index in [1.54, 1.807) is 18.2 Å². The number of hydrogen-bond donors (Lipinski definition) is 0. The smallest absolute Gasteiger partial charge is 0.330 e. The number of rotatable bonds is 5. The van der Waals surface area contributed by atoms with Crippen molar-refractivity contribution in [1.29, 1.82) is 0 Å². The molecule has 1 saturated heterocycles. The van der Waals surface area contributed by atoms with Crippen molar-refractivity contribution in [2.45, 2.75) is 32.2 Å². The summed E-state index contributed by atoms with van der Waals surface area (Å²) in [4.78, 5) is 38.5. The second-order valence-corrected chi connectivity index (χ2v) is 7.61. The largest absolute Gasteiger partial charge is 0.466 e. The highest BCUT2D eigenvalue weighted by Crippen LogP contribution is 2.41. The maximum atomic E-state index is 12.5. The quantitative estimate of drug-likeness (QED) is 0.579. The van der Waals surface area contributed by atoms with E-state index in [0.717, 1.165) is 11.1 Å². The Balaban J connectivity index is 1.66. The number of thioether (sulfide) groups is 1. The first-order valence-corrected chi connectivity index (χ1v) is 9.64. The number of furan rings is 1. The maximum absolute atomic E-state index is 12.5. The molecule has 0 spiro atoms. The molecule has 1 aliphatic heterocycles. The highest BCUT2D eigenvalue weighted by Gasteiger charge is 2.43. The lowest BCUT2D eigenvalue weighted by Crippen LogP contribution is -2.43. The van der Waals surface area contributed by atoms with Gasteiger partial charge in [0.25, 0.3) is 0 Å². The van der Waals surface area contributed by atoms with Crippen LogP contribution in [0, 0.1) is 13.8 Å². The summed E-state index contributed by atoms with van der Waals surface area (Å²) in [7, 11) is 0.